The molecular weight excluding hydrogens is 308 g/mol. The fourth-order valence-electron chi connectivity index (χ4n) is 2.30. The van der Waals surface area contributed by atoms with Crippen molar-refractivity contribution in [1.82, 2.24) is 9.78 Å². The molecule has 3 rings (SSSR count). The van der Waals surface area contributed by atoms with E-state index in [0.29, 0.717) is 22.5 Å². The summed E-state index contributed by atoms with van der Waals surface area (Å²) in [5.74, 6) is -0.940. The molecule has 118 valence electrons. The average molecular weight is 320 g/mol. The standard InChI is InChI=1S/C17H12N4O3/c18-9-10-1-3-11(4-2-10)21-15(17(19)24)8-14(20-21)13-6-5-12(22)7-16(13)23/h1-8,22-23H,(H2,19,24). The number of primary amides is 1. The second-order valence-electron chi connectivity index (χ2n) is 5.05. The molecule has 0 spiro atoms. The van der Waals surface area contributed by atoms with Crippen molar-refractivity contribution >= 4 is 5.91 Å². The lowest BCUT2D eigenvalue weighted by Gasteiger charge is -2.05. The number of rotatable bonds is 3. The van der Waals surface area contributed by atoms with E-state index in [9.17, 15) is 15.0 Å². The van der Waals surface area contributed by atoms with Gasteiger partial charge >= 0.3 is 0 Å². The van der Waals surface area contributed by atoms with Gasteiger partial charge in [0.15, 0.2) is 0 Å². The zero-order valence-electron chi connectivity index (χ0n) is 12.3. The quantitative estimate of drug-likeness (QED) is 0.680. The first kappa shape index (κ1) is 15.1. The third-order valence-electron chi connectivity index (χ3n) is 3.46. The molecule has 3 aromatic rings. The first-order valence-electron chi connectivity index (χ1n) is 6.92. The van der Waals surface area contributed by atoms with Crippen molar-refractivity contribution < 1.29 is 15.0 Å². The Hall–Kier alpha value is -3.79. The van der Waals surface area contributed by atoms with Crippen LogP contribution >= 0.6 is 0 Å². The molecule has 1 amide bonds. The Morgan fingerprint density at radius 3 is 2.42 bits per heavy atom. The van der Waals surface area contributed by atoms with Crippen molar-refractivity contribution in [3.05, 3.63) is 59.8 Å². The number of phenols is 2. The molecule has 7 heteroatoms. The van der Waals surface area contributed by atoms with E-state index in [1.807, 2.05) is 6.07 Å². The summed E-state index contributed by atoms with van der Waals surface area (Å²) in [6.07, 6.45) is 0. The molecule has 0 atom stereocenters. The molecule has 7 nitrogen and oxygen atoms in total. The van der Waals surface area contributed by atoms with Gasteiger partial charge in [-0.15, -0.1) is 0 Å². The van der Waals surface area contributed by atoms with E-state index < -0.39 is 5.91 Å². The first-order valence-corrected chi connectivity index (χ1v) is 6.92. The van der Waals surface area contributed by atoms with E-state index in [0.717, 1.165) is 0 Å². The SMILES string of the molecule is N#Cc1ccc(-n2nc(-c3ccc(O)cc3O)cc2C(N)=O)cc1. The number of amides is 1. The third-order valence-corrected chi connectivity index (χ3v) is 3.46. The molecule has 0 saturated heterocycles. The molecule has 1 aromatic heterocycles. The third kappa shape index (κ3) is 2.64. The number of nitriles is 1. The van der Waals surface area contributed by atoms with Gasteiger partial charge in [-0.2, -0.15) is 10.4 Å². The van der Waals surface area contributed by atoms with Crippen LogP contribution in [0.15, 0.2) is 48.5 Å². The van der Waals surface area contributed by atoms with Crippen LogP contribution in [0.2, 0.25) is 0 Å². The van der Waals surface area contributed by atoms with Crippen LogP contribution in [0.25, 0.3) is 16.9 Å². The van der Waals surface area contributed by atoms with Crippen molar-refractivity contribution in [2.75, 3.05) is 0 Å². The lowest BCUT2D eigenvalue weighted by molar-refractivity contribution is 0.0993. The second kappa shape index (κ2) is 5.78. The largest absolute Gasteiger partial charge is 0.508 e. The monoisotopic (exact) mass is 320 g/mol. The molecule has 1 heterocycles. The van der Waals surface area contributed by atoms with Gasteiger partial charge in [0, 0.05) is 11.6 Å². The molecule has 0 aliphatic heterocycles. The summed E-state index contributed by atoms with van der Waals surface area (Å²) in [6, 6.07) is 14.0. The van der Waals surface area contributed by atoms with E-state index in [-0.39, 0.29) is 17.2 Å². The van der Waals surface area contributed by atoms with Crippen molar-refractivity contribution in [3.63, 3.8) is 0 Å². The van der Waals surface area contributed by atoms with Gasteiger partial charge in [0.25, 0.3) is 5.91 Å². The summed E-state index contributed by atoms with van der Waals surface area (Å²) in [4.78, 5) is 11.7. The van der Waals surface area contributed by atoms with Gasteiger partial charge in [0.2, 0.25) is 0 Å². The normalized spacial score (nSPS) is 10.3. The van der Waals surface area contributed by atoms with E-state index in [1.54, 1.807) is 24.3 Å². The minimum absolute atomic E-state index is 0.0853. The number of nitrogens with zero attached hydrogens (tertiary/aromatic N) is 3. The number of hydrogen-bond acceptors (Lipinski definition) is 5. The zero-order chi connectivity index (χ0) is 17.3. The molecule has 0 radical (unpaired) electrons. The van der Waals surface area contributed by atoms with Crippen molar-refractivity contribution in [1.29, 1.82) is 5.26 Å². The van der Waals surface area contributed by atoms with Gasteiger partial charge in [-0.05, 0) is 42.5 Å². The fourth-order valence-corrected chi connectivity index (χ4v) is 2.30. The minimum atomic E-state index is -0.684. The molecule has 0 aliphatic rings. The Balaban J connectivity index is 2.14. The van der Waals surface area contributed by atoms with E-state index in [4.69, 9.17) is 11.0 Å². The molecule has 24 heavy (non-hydrogen) atoms. The highest BCUT2D eigenvalue weighted by Crippen LogP contribution is 2.32. The fraction of sp³-hybridized carbons (Fsp3) is 0. The molecule has 0 aliphatic carbocycles. The van der Waals surface area contributed by atoms with Crippen molar-refractivity contribution in [2.45, 2.75) is 0 Å². The molecule has 0 unspecified atom stereocenters. The van der Waals surface area contributed by atoms with Gasteiger partial charge in [-0.25, -0.2) is 4.68 Å². The first-order chi connectivity index (χ1) is 11.5. The zero-order valence-corrected chi connectivity index (χ0v) is 12.3. The Kier molecular flexibility index (Phi) is 3.64. The van der Waals surface area contributed by atoms with Crippen molar-refractivity contribution in [3.8, 4) is 34.5 Å². The maximum Gasteiger partial charge on any atom is 0.267 e. The Morgan fingerprint density at radius 1 is 1.12 bits per heavy atom. The van der Waals surface area contributed by atoms with Crippen LogP contribution in [-0.4, -0.2) is 25.9 Å². The number of benzene rings is 2. The molecule has 0 saturated carbocycles. The van der Waals surface area contributed by atoms with Gasteiger partial charge in [-0.3, -0.25) is 4.79 Å². The molecular formula is C17H12N4O3. The number of nitrogens with two attached hydrogens (primary N) is 1. The summed E-state index contributed by atoms with van der Waals surface area (Å²) in [7, 11) is 0. The van der Waals surface area contributed by atoms with Crippen molar-refractivity contribution in [2.24, 2.45) is 5.73 Å². The number of phenolic OH excluding ortho intramolecular Hbond substituents is 2. The highest BCUT2D eigenvalue weighted by Gasteiger charge is 2.17. The van der Waals surface area contributed by atoms with Crippen LogP contribution in [0.3, 0.4) is 0 Å². The maximum absolute atomic E-state index is 11.7. The van der Waals surface area contributed by atoms with Crippen LogP contribution in [0.4, 0.5) is 0 Å². The number of aromatic hydroxyl groups is 2. The van der Waals surface area contributed by atoms with Crippen LogP contribution in [0.1, 0.15) is 16.1 Å². The molecule has 0 fully saturated rings. The van der Waals surface area contributed by atoms with Crippen LogP contribution in [0.5, 0.6) is 11.5 Å². The predicted molar refractivity (Wildman–Crippen MR) is 85.6 cm³/mol. The Morgan fingerprint density at radius 2 is 1.83 bits per heavy atom. The van der Waals surface area contributed by atoms with Crippen LogP contribution in [-0.2, 0) is 0 Å². The summed E-state index contributed by atoms with van der Waals surface area (Å²) in [5.41, 5.74) is 7.23. The average Bonchev–Trinajstić information content (AvgIpc) is 3.00. The summed E-state index contributed by atoms with van der Waals surface area (Å²) >= 11 is 0. The smallest absolute Gasteiger partial charge is 0.267 e. The van der Waals surface area contributed by atoms with E-state index >= 15 is 0 Å². The summed E-state index contributed by atoms with van der Waals surface area (Å²) in [6.45, 7) is 0. The lowest BCUT2D eigenvalue weighted by atomic mass is 10.1. The summed E-state index contributed by atoms with van der Waals surface area (Å²) < 4.78 is 1.34. The van der Waals surface area contributed by atoms with E-state index in [1.165, 1.54) is 28.9 Å². The second-order valence-corrected chi connectivity index (χ2v) is 5.05. The lowest BCUT2D eigenvalue weighted by Crippen LogP contribution is -2.16. The van der Waals surface area contributed by atoms with Gasteiger partial charge < -0.3 is 15.9 Å². The van der Waals surface area contributed by atoms with Crippen LogP contribution < -0.4 is 5.73 Å². The van der Waals surface area contributed by atoms with Gasteiger partial charge in [-0.1, -0.05) is 0 Å². The minimum Gasteiger partial charge on any atom is -0.508 e. The van der Waals surface area contributed by atoms with E-state index in [2.05, 4.69) is 5.10 Å². The van der Waals surface area contributed by atoms with Gasteiger partial charge in [0.1, 0.15) is 17.2 Å². The molecule has 4 N–H and O–H groups in total. The number of carbonyl (C=O) groups is 1. The highest BCUT2D eigenvalue weighted by atomic mass is 16.3. The van der Waals surface area contributed by atoms with Crippen LogP contribution in [0, 0.1) is 11.3 Å². The molecule has 2 aromatic carbocycles. The highest BCUT2D eigenvalue weighted by molar-refractivity contribution is 5.93. The topological polar surface area (TPSA) is 125 Å². The Labute approximate surface area is 136 Å². The predicted octanol–water partition coefficient (Wildman–Crippen LogP) is 1.92. The number of carbonyl (C=O) groups excluding carboxylic acids is 1. The Bertz CT molecular complexity index is 968. The molecule has 0 bridgehead atoms. The number of aromatic nitrogens is 2. The number of hydrogen-bond donors (Lipinski definition) is 3. The summed E-state index contributed by atoms with van der Waals surface area (Å²) in [5, 5.41) is 32.5. The maximum atomic E-state index is 11.7. The van der Waals surface area contributed by atoms with Gasteiger partial charge in [0.05, 0.1) is 23.0 Å².